The summed E-state index contributed by atoms with van der Waals surface area (Å²) in [6.07, 6.45) is 7.57. The highest BCUT2D eigenvalue weighted by molar-refractivity contribution is 6.30. The van der Waals surface area contributed by atoms with Gasteiger partial charge in [0, 0.05) is 31.5 Å². The Hall–Kier alpha value is -2.71. The number of anilines is 1. The van der Waals surface area contributed by atoms with Gasteiger partial charge in [-0.2, -0.15) is 0 Å². The van der Waals surface area contributed by atoms with Gasteiger partial charge in [0.1, 0.15) is 23.2 Å². The van der Waals surface area contributed by atoms with Crippen molar-refractivity contribution in [2.24, 2.45) is 5.73 Å². The predicted octanol–water partition coefficient (Wildman–Crippen LogP) is 1.97. The number of aromatic nitrogens is 4. The largest absolute Gasteiger partial charge is 0.368 e. The number of hydrogen-bond donors (Lipinski definition) is 1. The Labute approximate surface area is 173 Å². The molecule has 9 heteroatoms. The number of carbonyl (C=O) groups is 1. The standard InChI is InChI=1S/C20H22ClN7O/c1-12-18(19(22)29)27(14-3-4-14)9-8-26(12)17-6-7-23-20(25-17)15-10-24-16-5-2-13(21)11-28(15)16/h2,5-7,10-12,14,18H,3-4,8-9H2,1H3,(H2,22,29). The quantitative estimate of drug-likeness (QED) is 0.705. The van der Waals surface area contributed by atoms with Gasteiger partial charge >= 0.3 is 0 Å². The lowest BCUT2D eigenvalue weighted by Crippen LogP contribution is -2.63. The molecule has 5 rings (SSSR count). The fourth-order valence-corrected chi connectivity index (χ4v) is 4.47. The van der Waals surface area contributed by atoms with Crippen LogP contribution >= 0.6 is 11.6 Å². The minimum absolute atomic E-state index is 0.0683. The first kappa shape index (κ1) is 18.3. The number of nitrogens with two attached hydrogens (primary N) is 1. The Morgan fingerprint density at radius 2 is 2.03 bits per heavy atom. The molecule has 1 saturated heterocycles. The molecule has 3 aromatic heterocycles. The second-order valence-corrected chi connectivity index (χ2v) is 8.14. The molecule has 0 spiro atoms. The molecule has 29 heavy (non-hydrogen) atoms. The van der Waals surface area contributed by atoms with Gasteiger partial charge in [-0.15, -0.1) is 0 Å². The number of imidazole rings is 1. The van der Waals surface area contributed by atoms with Crippen molar-refractivity contribution in [2.45, 2.75) is 37.9 Å². The van der Waals surface area contributed by atoms with Gasteiger partial charge in [-0.3, -0.25) is 14.1 Å². The molecule has 8 nitrogen and oxygen atoms in total. The SMILES string of the molecule is CC1C(C(N)=O)N(C2CC2)CCN1c1ccnc(-c2cnc3ccc(Cl)cn23)n1. The lowest BCUT2D eigenvalue weighted by atomic mass is 10.0. The molecule has 2 atom stereocenters. The third kappa shape index (κ3) is 3.22. The maximum Gasteiger partial charge on any atom is 0.236 e. The molecule has 150 valence electrons. The van der Waals surface area contributed by atoms with Gasteiger partial charge in [0.2, 0.25) is 5.91 Å². The van der Waals surface area contributed by atoms with Crippen LogP contribution < -0.4 is 10.6 Å². The Morgan fingerprint density at radius 1 is 1.21 bits per heavy atom. The third-order valence-electron chi connectivity index (χ3n) is 5.85. The van der Waals surface area contributed by atoms with Crippen LogP contribution in [0.25, 0.3) is 17.2 Å². The maximum atomic E-state index is 12.2. The molecule has 1 saturated carbocycles. The average molecular weight is 412 g/mol. The molecule has 0 aromatic carbocycles. The second kappa shape index (κ2) is 6.96. The topological polar surface area (TPSA) is 92.7 Å². The van der Waals surface area contributed by atoms with Gasteiger partial charge in [0.05, 0.1) is 17.3 Å². The number of hydrogen-bond acceptors (Lipinski definition) is 6. The summed E-state index contributed by atoms with van der Waals surface area (Å²) in [4.78, 5) is 30.3. The van der Waals surface area contributed by atoms with Gasteiger partial charge in [0.25, 0.3) is 0 Å². The van der Waals surface area contributed by atoms with E-state index in [1.807, 2.05) is 23.5 Å². The van der Waals surface area contributed by atoms with E-state index < -0.39 is 0 Å². The van der Waals surface area contributed by atoms with E-state index in [0.717, 1.165) is 43.1 Å². The number of amides is 1. The Balaban J connectivity index is 1.49. The van der Waals surface area contributed by atoms with E-state index in [1.165, 1.54) is 0 Å². The summed E-state index contributed by atoms with van der Waals surface area (Å²) in [7, 11) is 0. The van der Waals surface area contributed by atoms with Crippen LogP contribution in [0.15, 0.2) is 36.8 Å². The highest BCUT2D eigenvalue weighted by Crippen LogP contribution is 2.33. The molecule has 0 radical (unpaired) electrons. The fourth-order valence-electron chi connectivity index (χ4n) is 4.31. The van der Waals surface area contributed by atoms with Gasteiger partial charge in [-0.25, -0.2) is 15.0 Å². The molecule has 4 heterocycles. The lowest BCUT2D eigenvalue weighted by molar-refractivity contribution is -0.124. The van der Waals surface area contributed by atoms with E-state index in [4.69, 9.17) is 22.3 Å². The first-order valence-electron chi connectivity index (χ1n) is 9.80. The second-order valence-electron chi connectivity index (χ2n) is 7.71. The molecule has 2 fully saturated rings. The monoisotopic (exact) mass is 411 g/mol. The van der Waals surface area contributed by atoms with Crippen molar-refractivity contribution in [1.29, 1.82) is 0 Å². The number of fused-ring (bicyclic) bond motifs is 1. The Morgan fingerprint density at radius 3 is 2.79 bits per heavy atom. The number of pyridine rings is 1. The highest BCUT2D eigenvalue weighted by atomic mass is 35.5. The zero-order valence-corrected chi connectivity index (χ0v) is 16.8. The minimum atomic E-state index is -0.315. The van der Waals surface area contributed by atoms with Crippen LogP contribution in [0.4, 0.5) is 5.82 Å². The molecule has 2 aliphatic rings. The van der Waals surface area contributed by atoms with Crippen molar-refractivity contribution in [1.82, 2.24) is 24.3 Å². The van der Waals surface area contributed by atoms with E-state index in [0.29, 0.717) is 16.9 Å². The molecule has 2 unspecified atom stereocenters. The number of primary amides is 1. The van der Waals surface area contributed by atoms with Gasteiger partial charge < -0.3 is 10.6 Å². The van der Waals surface area contributed by atoms with E-state index in [1.54, 1.807) is 24.7 Å². The molecular weight excluding hydrogens is 390 g/mol. The van der Waals surface area contributed by atoms with Crippen molar-refractivity contribution >= 4 is 29.0 Å². The van der Waals surface area contributed by atoms with Crippen molar-refractivity contribution in [3.63, 3.8) is 0 Å². The van der Waals surface area contributed by atoms with Crippen molar-refractivity contribution in [3.8, 4) is 11.5 Å². The molecular formula is C20H22ClN7O. The van der Waals surface area contributed by atoms with Crippen LogP contribution in [0, 0.1) is 0 Å². The molecule has 3 aromatic rings. The summed E-state index contributed by atoms with van der Waals surface area (Å²) in [5, 5.41) is 0.613. The predicted molar refractivity (Wildman–Crippen MR) is 111 cm³/mol. The molecule has 1 aliphatic carbocycles. The lowest BCUT2D eigenvalue weighted by Gasteiger charge is -2.45. The summed E-state index contributed by atoms with van der Waals surface area (Å²) >= 11 is 6.15. The smallest absolute Gasteiger partial charge is 0.236 e. The van der Waals surface area contributed by atoms with Gasteiger partial charge in [-0.1, -0.05) is 11.6 Å². The van der Waals surface area contributed by atoms with E-state index in [-0.39, 0.29) is 18.0 Å². The van der Waals surface area contributed by atoms with Crippen molar-refractivity contribution < 1.29 is 4.79 Å². The number of halogens is 1. The summed E-state index contributed by atoms with van der Waals surface area (Å²) in [5.41, 5.74) is 7.31. The van der Waals surface area contributed by atoms with Crippen LogP contribution in [0.3, 0.4) is 0 Å². The van der Waals surface area contributed by atoms with Gasteiger partial charge in [-0.05, 0) is 38.0 Å². The zero-order chi connectivity index (χ0) is 20.1. The van der Waals surface area contributed by atoms with E-state index in [9.17, 15) is 4.79 Å². The number of carbonyl (C=O) groups excluding carboxylic acids is 1. The number of rotatable bonds is 4. The summed E-state index contributed by atoms with van der Waals surface area (Å²) in [5.74, 6) is 1.06. The fraction of sp³-hybridized carbons (Fsp3) is 0.400. The summed E-state index contributed by atoms with van der Waals surface area (Å²) < 4.78 is 1.88. The normalized spacial score (nSPS) is 22.9. The zero-order valence-electron chi connectivity index (χ0n) is 16.1. The van der Waals surface area contributed by atoms with Crippen molar-refractivity contribution in [2.75, 3.05) is 18.0 Å². The van der Waals surface area contributed by atoms with E-state index >= 15 is 0 Å². The first-order valence-corrected chi connectivity index (χ1v) is 10.2. The van der Waals surface area contributed by atoms with E-state index in [2.05, 4.69) is 19.8 Å². The van der Waals surface area contributed by atoms with Crippen LogP contribution in [0.5, 0.6) is 0 Å². The average Bonchev–Trinajstić information content (AvgIpc) is 3.47. The number of piperazine rings is 1. The van der Waals surface area contributed by atoms with Gasteiger partial charge in [0.15, 0.2) is 5.82 Å². The maximum absolute atomic E-state index is 12.2. The van der Waals surface area contributed by atoms with Crippen LogP contribution in [-0.4, -0.2) is 61.4 Å². The highest BCUT2D eigenvalue weighted by Gasteiger charge is 2.44. The Kier molecular flexibility index (Phi) is 4.40. The molecule has 2 N–H and O–H groups in total. The third-order valence-corrected chi connectivity index (χ3v) is 6.07. The minimum Gasteiger partial charge on any atom is -0.368 e. The molecule has 1 aliphatic heterocycles. The number of nitrogens with zero attached hydrogens (tertiary/aromatic N) is 6. The summed E-state index contributed by atoms with van der Waals surface area (Å²) in [6.45, 7) is 3.63. The first-order chi connectivity index (χ1) is 14.0. The van der Waals surface area contributed by atoms with Crippen molar-refractivity contribution in [3.05, 3.63) is 41.8 Å². The van der Waals surface area contributed by atoms with Crippen LogP contribution in [-0.2, 0) is 4.79 Å². The Bertz CT molecular complexity index is 1080. The van der Waals surface area contributed by atoms with Crippen LogP contribution in [0.2, 0.25) is 5.02 Å². The summed E-state index contributed by atoms with van der Waals surface area (Å²) in [6, 6.07) is 5.63. The molecule has 0 bridgehead atoms. The van der Waals surface area contributed by atoms with Crippen LogP contribution in [0.1, 0.15) is 19.8 Å². The molecule has 1 amide bonds.